The van der Waals surface area contributed by atoms with Crippen LogP contribution in [0, 0.1) is 0 Å². The van der Waals surface area contributed by atoms with E-state index in [4.69, 9.17) is 0 Å². The van der Waals surface area contributed by atoms with Crippen molar-refractivity contribution in [1.29, 1.82) is 0 Å². The molecule has 0 unspecified atom stereocenters. The van der Waals surface area contributed by atoms with E-state index in [2.05, 4.69) is 5.32 Å². The van der Waals surface area contributed by atoms with Crippen LogP contribution < -0.4 is 5.32 Å². The van der Waals surface area contributed by atoms with Gasteiger partial charge in [0.25, 0.3) is 5.91 Å². The standard InChI is InChI=1S/C17H23N3O3/c1-18-17(23)14-8-6-13(7-9-14)11-19(2)16(22)12-20-10-4-3-5-15(20)21/h6-9H,3-5,10-12H2,1-2H3,(H,18,23). The highest BCUT2D eigenvalue weighted by molar-refractivity contribution is 5.94. The maximum Gasteiger partial charge on any atom is 0.251 e. The Morgan fingerprint density at radius 2 is 1.91 bits per heavy atom. The summed E-state index contributed by atoms with van der Waals surface area (Å²) in [5, 5.41) is 2.57. The molecule has 0 saturated carbocycles. The maximum absolute atomic E-state index is 12.3. The van der Waals surface area contributed by atoms with Crippen LogP contribution in [0.3, 0.4) is 0 Å². The fourth-order valence-corrected chi connectivity index (χ4v) is 2.58. The highest BCUT2D eigenvalue weighted by Crippen LogP contribution is 2.11. The molecule has 0 atom stereocenters. The normalized spacial score (nSPS) is 14.5. The largest absolute Gasteiger partial charge is 0.355 e. The molecular formula is C17H23N3O3. The quantitative estimate of drug-likeness (QED) is 0.881. The number of likely N-dealkylation sites (N-methyl/N-ethyl adjacent to an activating group) is 1. The lowest BCUT2D eigenvalue weighted by Crippen LogP contribution is -2.43. The van der Waals surface area contributed by atoms with Gasteiger partial charge in [-0.05, 0) is 30.5 Å². The lowest BCUT2D eigenvalue weighted by atomic mass is 10.1. The van der Waals surface area contributed by atoms with E-state index in [1.807, 2.05) is 12.1 Å². The van der Waals surface area contributed by atoms with Crippen molar-refractivity contribution in [2.75, 3.05) is 27.2 Å². The van der Waals surface area contributed by atoms with E-state index in [0.717, 1.165) is 18.4 Å². The summed E-state index contributed by atoms with van der Waals surface area (Å²) in [5.41, 5.74) is 1.53. The van der Waals surface area contributed by atoms with Crippen LogP contribution in [-0.2, 0) is 16.1 Å². The first-order valence-electron chi connectivity index (χ1n) is 7.84. The Hall–Kier alpha value is -2.37. The second-order valence-electron chi connectivity index (χ2n) is 5.80. The van der Waals surface area contributed by atoms with Gasteiger partial charge < -0.3 is 15.1 Å². The molecule has 1 aliphatic rings. The van der Waals surface area contributed by atoms with Gasteiger partial charge in [-0.2, -0.15) is 0 Å². The molecule has 124 valence electrons. The number of amides is 3. The molecule has 0 radical (unpaired) electrons. The Kier molecular flexibility index (Phi) is 5.73. The van der Waals surface area contributed by atoms with Gasteiger partial charge in [-0.3, -0.25) is 14.4 Å². The fraction of sp³-hybridized carbons (Fsp3) is 0.471. The molecule has 0 aromatic heterocycles. The summed E-state index contributed by atoms with van der Waals surface area (Å²) in [6.07, 6.45) is 2.42. The Morgan fingerprint density at radius 3 is 2.52 bits per heavy atom. The van der Waals surface area contributed by atoms with Crippen LogP contribution in [0.1, 0.15) is 35.2 Å². The summed E-state index contributed by atoms with van der Waals surface area (Å²) in [4.78, 5) is 38.7. The first-order chi connectivity index (χ1) is 11.0. The molecule has 23 heavy (non-hydrogen) atoms. The number of rotatable bonds is 5. The second-order valence-corrected chi connectivity index (χ2v) is 5.80. The van der Waals surface area contributed by atoms with Crippen LogP contribution in [0.4, 0.5) is 0 Å². The minimum absolute atomic E-state index is 0.0629. The molecule has 1 aliphatic heterocycles. The van der Waals surface area contributed by atoms with E-state index in [-0.39, 0.29) is 24.3 Å². The number of carbonyl (C=O) groups is 3. The van der Waals surface area contributed by atoms with Gasteiger partial charge in [0, 0.05) is 39.2 Å². The molecule has 1 aromatic rings. The van der Waals surface area contributed by atoms with E-state index in [0.29, 0.717) is 25.1 Å². The highest BCUT2D eigenvalue weighted by atomic mass is 16.2. The summed E-state index contributed by atoms with van der Waals surface area (Å²) in [5.74, 6) is -0.145. The Balaban J connectivity index is 1.90. The minimum Gasteiger partial charge on any atom is -0.355 e. The van der Waals surface area contributed by atoms with Crippen LogP contribution >= 0.6 is 0 Å². The molecule has 0 bridgehead atoms. The zero-order valence-corrected chi connectivity index (χ0v) is 13.7. The monoisotopic (exact) mass is 317 g/mol. The molecule has 6 nitrogen and oxygen atoms in total. The first-order valence-corrected chi connectivity index (χ1v) is 7.84. The summed E-state index contributed by atoms with van der Waals surface area (Å²) < 4.78 is 0. The van der Waals surface area contributed by atoms with Gasteiger partial charge in [0.2, 0.25) is 11.8 Å². The van der Waals surface area contributed by atoms with Gasteiger partial charge in [0.1, 0.15) is 0 Å². The van der Waals surface area contributed by atoms with Crippen LogP contribution in [0.2, 0.25) is 0 Å². The van der Waals surface area contributed by atoms with Crippen LogP contribution in [-0.4, -0.2) is 54.7 Å². The van der Waals surface area contributed by atoms with Crippen molar-refractivity contribution in [1.82, 2.24) is 15.1 Å². The van der Waals surface area contributed by atoms with Gasteiger partial charge in [0.15, 0.2) is 0 Å². The Bertz CT molecular complexity index is 583. The number of carbonyl (C=O) groups excluding carboxylic acids is 3. The van der Waals surface area contributed by atoms with Crippen molar-refractivity contribution in [3.8, 4) is 0 Å². The van der Waals surface area contributed by atoms with Crippen molar-refractivity contribution < 1.29 is 14.4 Å². The minimum atomic E-state index is -0.135. The van der Waals surface area contributed by atoms with Crippen LogP contribution in [0.15, 0.2) is 24.3 Å². The predicted molar refractivity (Wildman–Crippen MR) is 86.7 cm³/mol. The third kappa shape index (κ3) is 4.55. The summed E-state index contributed by atoms with van der Waals surface area (Å²) in [7, 11) is 3.31. The van der Waals surface area contributed by atoms with Crippen LogP contribution in [0.5, 0.6) is 0 Å². The molecule has 6 heteroatoms. The molecule has 1 heterocycles. The Morgan fingerprint density at radius 1 is 1.22 bits per heavy atom. The number of hydrogen-bond donors (Lipinski definition) is 1. The van der Waals surface area contributed by atoms with E-state index in [1.165, 1.54) is 0 Å². The van der Waals surface area contributed by atoms with Gasteiger partial charge in [-0.15, -0.1) is 0 Å². The van der Waals surface area contributed by atoms with Crippen molar-refractivity contribution in [3.05, 3.63) is 35.4 Å². The molecular weight excluding hydrogens is 294 g/mol. The number of nitrogens with zero attached hydrogens (tertiary/aromatic N) is 2. The number of piperidine rings is 1. The van der Waals surface area contributed by atoms with Gasteiger partial charge in [-0.1, -0.05) is 12.1 Å². The van der Waals surface area contributed by atoms with E-state index in [1.54, 1.807) is 36.0 Å². The maximum atomic E-state index is 12.3. The van der Waals surface area contributed by atoms with Crippen LogP contribution in [0.25, 0.3) is 0 Å². The molecule has 0 aliphatic carbocycles. The highest BCUT2D eigenvalue weighted by Gasteiger charge is 2.22. The molecule has 0 spiro atoms. The lowest BCUT2D eigenvalue weighted by molar-refractivity contribution is -0.141. The smallest absolute Gasteiger partial charge is 0.251 e. The topological polar surface area (TPSA) is 69.7 Å². The number of benzene rings is 1. The predicted octanol–water partition coefficient (Wildman–Crippen LogP) is 1.02. The number of hydrogen-bond acceptors (Lipinski definition) is 3. The summed E-state index contributed by atoms with van der Waals surface area (Å²) >= 11 is 0. The van der Waals surface area contributed by atoms with E-state index in [9.17, 15) is 14.4 Å². The molecule has 1 N–H and O–H groups in total. The zero-order chi connectivity index (χ0) is 16.8. The summed E-state index contributed by atoms with van der Waals surface area (Å²) in [6.45, 7) is 1.26. The third-order valence-corrected chi connectivity index (χ3v) is 4.04. The number of likely N-dealkylation sites (tertiary alicyclic amines) is 1. The number of nitrogens with one attached hydrogen (secondary N) is 1. The SMILES string of the molecule is CNC(=O)c1ccc(CN(C)C(=O)CN2CCCCC2=O)cc1. The lowest BCUT2D eigenvalue weighted by Gasteiger charge is -2.28. The Labute approximate surface area is 136 Å². The molecule has 1 saturated heterocycles. The average Bonchev–Trinajstić information content (AvgIpc) is 2.56. The van der Waals surface area contributed by atoms with Crippen molar-refractivity contribution >= 4 is 17.7 Å². The molecule has 1 fully saturated rings. The van der Waals surface area contributed by atoms with Gasteiger partial charge >= 0.3 is 0 Å². The van der Waals surface area contributed by atoms with Crippen molar-refractivity contribution in [2.24, 2.45) is 0 Å². The molecule has 1 aromatic carbocycles. The van der Waals surface area contributed by atoms with Crippen molar-refractivity contribution in [3.63, 3.8) is 0 Å². The zero-order valence-electron chi connectivity index (χ0n) is 13.7. The van der Waals surface area contributed by atoms with E-state index >= 15 is 0 Å². The van der Waals surface area contributed by atoms with Crippen molar-refractivity contribution in [2.45, 2.75) is 25.8 Å². The van der Waals surface area contributed by atoms with Gasteiger partial charge in [-0.25, -0.2) is 0 Å². The second kappa shape index (κ2) is 7.76. The first kappa shape index (κ1) is 17.0. The molecule has 2 rings (SSSR count). The van der Waals surface area contributed by atoms with Gasteiger partial charge in [0.05, 0.1) is 6.54 Å². The summed E-state index contributed by atoms with van der Waals surface area (Å²) in [6, 6.07) is 7.14. The average molecular weight is 317 g/mol. The fourth-order valence-electron chi connectivity index (χ4n) is 2.58. The third-order valence-electron chi connectivity index (χ3n) is 4.04. The van der Waals surface area contributed by atoms with E-state index < -0.39 is 0 Å². The molecule has 3 amide bonds.